The van der Waals surface area contributed by atoms with E-state index < -0.39 is 6.36 Å². The summed E-state index contributed by atoms with van der Waals surface area (Å²) in [7, 11) is 0. The van der Waals surface area contributed by atoms with E-state index in [0.717, 1.165) is 27.3 Å². The van der Waals surface area contributed by atoms with Crippen molar-refractivity contribution in [3.05, 3.63) is 106 Å². The number of benzene rings is 3. The van der Waals surface area contributed by atoms with Crippen LogP contribution < -0.4 is 14.9 Å². The highest BCUT2D eigenvalue weighted by molar-refractivity contribution is 7.80. The van der Waals surface area contributed by atoms with Crippen molar-refractivity contribution < 1.29 is 17.9 Å². The third-order valence-corrected chi connectivity index (χ3v) is 7.79. The van der Waals surface area contributed by atoms with Crippen LogP contribution in [-0.2, 0) is 6.54 Å². The fraction of sp³-hybridized carbons (Fsp3) is 0.226. The third-order valence-electron chi connectivity index (χ3n) is 6.61. The van der Waals surface area contributed by atoms with Gasteiger partial charge in [-0.2, -0.15) is 4.99 Å². The van der Waals surface area contributed by atoms with Crippen LogP contribution in [0.1, 0.15) is 42.1 Å². The zero-order valence-electron chi connectivity index (χ0n) is 23.9. The molecule has 0 fully saturated rings. The highest BCUT2D eigenvalue weighted by Gasteiger charge is 2.31. The molecular formula is C31H29F3N6OS2. The molecule has 2 aromatic heterocycles. The molecule has 0 atom stereocenters. The summed E-state index contributed by atoms with van der Waals surface area (Å²) in [5.41, 5.74) is 6.99. The monoisotopic (exact) mass is 622 g/mol. The maximum atomic E-state index is 12.4. The van der Waals surface area contributed by atoms with E-state index in [1.165, 1.54) is 46.4 Å². The van der Waals surface area contributed by atoms with E-state index in [1.54, 1.807) is 11.3 Å². The topological polar surface area (TPSA) is 69.3 Å². The van der Waals surface area contributed by atoms with E-state index >= 15 is 0 Å². The molecule has 12 heteroatoms. The minimum absolute atomic E-state index is 0.302. The van der Waals surface area contributed by atoms with Crippen LogP contribution in [0.5, 0.6) is 5.75 Å². The van der Waals surface area contributed by atoms with Crippen molar-refractivity contribution >= 4 is 28.7 Å². The zero-order chi connectivity index (χ0) is 30.7. The number of rotatable bonds is 7. The smallest absolute Gasteiger partial charge is 0.406 e. The van der Waals surface area contributed by atoms with Crippen molar-refractivity contribution in [2.75, 3.05) is 0 Å². The average Bonchev–Trinajstić information content (AvgIpc) is 3.58. The van der Waals surface area contributed by atoms with Crippen molar-refractivity contribution in [2.24, 2.45) is 4.99 Å². The van der Waals surface area contributed by atoms with Crippen LogP contribution in [0, 0.1) is 13.8 Å². The lowest BCUT2D eigenvalue weighted by molar-refractivity contribution is -0.274. The molecule has 43 heavy (non-hydrogen) atoms. The second-order valence-electron chi connectivity index (χ2n) is 10.2. The van der Waals surface area contributed by atoms with Gasteiger partial charge in [-0.05, 0) is 79.0 Å². The second-order valence-corrected chi connectivity index (χ2v) is 11.5. The minimum atomic E-state index is -4.74. The maximum Gasteiger partial charge on any atom is 0.573 e. The Morgan fingerprint density at radius 1 is 1.05 bits per heavy atom. The van der Waals surface area contributed by atoms with Crippen LogP contribution in [0.25, 0.3) is 22.8 Å². The summed E-state index contributed by atoms with van der Waals surface area (Å²) >= 11 is 7.13. The number of aromatic nitrogens is 4. The first-order valence-corrected chi connectivity index (χ1v) is 14.7. The Morgan fingerprint density at radius 2 is 1.77 bits per heavy atom. The molecule has 5 rings (SSSR count). The van der Waals surface area contributed by atoms with Crippen LogP contribution in [0.2, 0.25) is 0 Å². The number of hydrogen-bond donors (Lipinski definition) is 1. The van der Waals surface area contributed by atoms with Gasteiger partial charge >= 0.3 is 6.36 Å². The summed E-state index contributed by atoms with van der Waals surface area (Å²) in [6.07, 6.45) is -3.24. The first-order chi connectivity index (χ1) is 20.5. The number of hydrogen-bond acceptors (Lipinski definition) is 5. The molecule has 0 aliphatic rings. The molecule has 0 spiro atoms. The maximum absolute atomic E-state index is 12.4. The van der Waals surface area contributed by atoms with Gasteiger partial charge in [0.2, 0.25) is 0 Å². The van der Waals surface area contributed by atoms with Crippen molar-refractivity contribution in [2.45, 2.75) is 46.5 Å². The van der Waals surface area contributed by atoms with Gasteiger partial charge in [-0.3, -0.25) is 4.57 Å². The zero-order valence-corrected chi connectivity index (χ0v) is 25.5. The molecule has 2 heterocycles. The number of nitrogens with one attached hydrogen (secondary N) is 1. The highest BCUT2D eigenvalue weighted by atomic mass is 32.1. The van der Waals surface area contributed by atoms with Gasteiger partial charge < -0.3 is 10.1 Å². The fourth-order valence-electron chi connectivity index (χ4n) is 4.50. The van der Waals surface area contributed by atoms with Crippen LogP contribution in [0.3, 0.4) is 0 Å². The molecule has 0 aliphatic heterocycles. The van der Waals surface area contributed by atoms with E-state index in [4.69, 9.17) is 17.2 Å². The van der Waals surface area contributed by atoms with Crippen LogP contribution >= 0.6 is 23.6 Å². The van der Waals surface area contributed by atoms with Crippen molar-refractivity contribution in [3.63, 3.8) is 0 Å². The van der Waals surface area contributed by atoms with E-state index in [-0.39, 0.29) is 5.75 Å². The molecule has 3 aromatic carbocycles. The van der Waals surface area contributed by atoms with Gasteiger partial charge in [0, 0.05) is 23.2 Å². The average molecular weight is 623 g/mol. The molecule has 0 saturated carbocycles. The Bertz CT molecular complexity index is 1800. The largest absolute Gasteiger partial charge is 0.573 e. The third kappa shape index (κ3) is 7.38. The molecule has 1 N–H and O–H groups in total. The number of alkyl halides is 3. The van der Waals surface area contributed by atoms with Gasteiger partial charge in [0.15, 0.2) is 15.7 Å². The molecule has 0 unspecified atom stereocenters. The summed E-state index contributed by atoms with van der Waals surface area (Å²) < 4.78 is 44.8. The Kier molecular flexibility index (Phi) is 8.79. The quantitative estimate of drug-likeness (QED) is 0.192. The van der Waals surface area contributed by atoms with Crippen LogP contribution in [0.4, 0.5) is 13.2 Å². The predicted octanol–water partition coefficient (Wildman–Crippen LogP) is 7.40. The minimum Gasteiger partial charge on any atom is -0.406 e. The van der Waals surface area contributed by atoms with Crippen molar-refractivity contribution in [1.29, 1.82) is 0 Å². The normalized spacial score (nSPS) is 12.1. The van der Waals surface area contributed by atoms with Gasteiger partial charge in [0.1, 0.15) is 12.1 Å². The summed E-state index contributed by atoms with van der Waals surface area (Å²) in [6, 6.07) is 19.6. The Morgan fingerprint density at radius 3 is 2.44 bits per heavy atom. The summed E-state index contributed by atoms with van der Waals surface area (Å²) in [4.78, 5) is 9.88. The number of thiazole rings is 1. The number of ether oxygens (including phenoxy) is 1. The van der Waals surface area contributed by atoms with E-state index in [0.29, 0.717) is 29.1 Å². The standard InChI is InChI=1S/C31H29F3N6OS2/c1-19(2)26-14-5-20(3)15-27(26)40-21(4)17-43-30(40)37-29(42)35-16-22-6-8-23(9-7-22)28-36-18-39(38-28)24-10-12-25(13-11-24)41-31(32,33)34/h5-15,17-19H,16H2,1-4H3,(H,35,42). The summed E-state index contributed by atoms with van der Waals surface area (Å²) in [5.74, 6) is 0.542. The predicted molar refractivity (Wildman–Crippen MR) is 166 cm³/mol. The molecular weight excluding hydrogens is 594 g/mol. The van der Waals surface area contributed by atoms with E-state index in [9.17, 15) is 13.2 Å². The summed E-state index contributed by atoms with van der Waals surface area (Å²) in [6.45, 7) is 9.02. The molecule has 222 valence electrons. The molecule has 0 radical (unpaired) electrons. The number of halogens is 3. The van der Waals surface area contributed by atoms with Gasteiger partial charge in [0.25, 0.3) is 0 Å². The number of thiocarbonyl (C=S) groups is 1. The molecule has 0 amide bonds. The van der Waals surface area contributed by atoms with E-state index in [2.05, 4.69) is 76.0 Å². The Labute approximate surface area is 256 Å². The van der Waals surface area contributed by atoms with Crippen LogP contribution in [0.15, 0.2) is 83.4 Å². The Balaban J connectivity index is 1.25. The number of nitrogens with zero attached hydrogens (tertiary/aromatic N) is 5. The molecule has 5 aromatic rings. The van der Waals surface area contributed by atoms with Gasteiger partial charge in [0.05, 0.1) is 11.4 Å². The first kappa shape index (κ1) is 30.2. The molecule has 0 aliphatic carbocycles. The highest BCUT2D eigenvalue weighted by Crippen LogP contribution is 2.26. The van der Waals surface area contributed by atoms with Crippen molar-refractivity contribution in [3.8, 4) is 28.5 Å². The lowest BCUT2D eigenvalue weighted by Crippen LogP contribution is -2.24. The Hall–Kier alpha value is -4.29. The fourth-order valence-corrected chi connectivity index (χ4v) is 5.58. The number of aryl methyl sites for hydroxylation is 2. The second kappa shape index (κ2) is 12.5. The molecule has 0 bridgehead atoms. The molecule has 7 nitrogen and oxygen atoms in total. The van der Waals surface area contributed by atoms with Gasteiger partial charge in [-0.25, -0.2) is 9.67 Å². The van der Waals surface area contributed by atoms with Gasteiger partial charge in [-0.15, -0.1) is 29.6 Å². The van der Waals surface area contributed by atoms with E-state index in [1.807, 2.05) is 24.3 Å². The lowest BCUT2D eigenvalue weighted by Gasteiger charge is -2.16. The lowest BCUT2D eigenvalue weighted by atomic mass is 9.99. The first-order valence-electron chi connectivity index (χ1n) is 13.4. The van der Waals surface area contributed by atoms with Crippen molar-refractivity contribution in [1.82, 2.24) is 24.6 Å². The SMILES string of the molecule is Cc1ccc(C(C)C)c(-n2c(C)csc2=NC(=S)NCc2ccc(-c3ncn(-c4ccc(OC(F)(F)F)cc4)n3)cc2)c1. The van der Waals surface area contributed by atoms with Crippen LogP contribution in [-0.4, -0.2) is 30.8 Å². The molecule has 0 saturated heterocycles. The summed E-state index contributed by atoms with van der Waals surface area (Å²) in [5, 5.41) is 10.2. The van der Waals surface area contributed by atoms with Gasteiger partial charge in [-0.1, -0.05) is 50.2 Å².